The van der Waals surface area contributed by atoms with E-state index in [0.717, 1.165) is 0 Å². The molecule has 0 aromatic heterocycles. The molecule has 1 atom stereocenters. The van der Waals surface area contributed by atoms with Crippen molar-refractivity contribution in [3.8, 4) is 0 Å². The molecule has 0 saturated carbocycles. The molecule has 1 fully saturated rings. The van der Waals surface area contributed by atoms with Gasteiger partial charge in [0.25, 0.3) is 5.91 Å². The Morgan fingerprint density at radius 3 is 2.73 bits per heavy atom. The van der Waals surface area contributed by atoms with Crippen LogP contribution in [0, 0.1) is 0 Å². The summed E-state index contributed by atoms with van der Waals surface area (Å²) in [6, 6.07) is 6.78. The molecule has 1 aromatic carbocycles. The van der Waals surface area contributed by atoms with Gasteiger partial charge in [-0.05, 0) is 31.3 Å². The highest BCUT2D eigenvalue weighted by Crippen LogP contribution is 2.14. The van der Waals surface area contributed by atoms with Gasteiger partial charge in [0.2, 0.25) is 0 Å². The van der Waals surface area contributed by atoms with Crippen LogP contribution in [0.4, 0.5) is 0 Å². The predicted octanol–water partition coefficient (Wildman–Crippen LogP) is 1.20. The number of likely N-dealkylation sites (N-methyl/N-ethyl adjacent to an activating group) is 1. The number of morpholine rings is 1. The molecule has 1 amide bonds. The number of nitrogens with zero attached hydrogens (tertiary/aromatic N) is 2. The third kappa shape index (κ3) is 4.69. The first kappa shape index (κ1) is 16.7. The Labute approximate surface area is 134 Å². The van der Waals surface area contributed by atoms with Crippen molar-refractivity contribution in [2.24, 2.45) is 0 Å². The summed E-state index contributed by atoms with van der Waals surface area (Å²) in [5.41, 5.74) is 0.587. The minimum absolute atomic E-state index is 0.0506. The summed E-state index contributed by atoms with van der Waals surface area (Å²) in [7, 11) is 1.72. The lowest BCUT2D eigenvalue weighted by Gasteiger charge is -2.34. The number of benzene rings is 1. The minimum Gasteiger partial charge on any atom is -0.480 e. The maximum Gasteiger partial charge on any atom is 0.317 e. The molecule has 1 N–H and O–H groups in total. The van der Waals surface area contributed by atoms with E-state index in [-0.39, 0.29) is 18.6 Å². The van der Waals surface area contributed by atoms with Gasteiger partial charge in [-0.25, -0.2) is 0 Å². The molecule has 7 heteroatoms. The predicted molar refractivity (Wildman–Crippen MR) is 82.2 cm³/mol. The van der Waals surface area contributed by atoms with Crippen LogP contribution < -0.4 is 0 Å². The van der Waals surface area contributed by atoms with Gasteiger partial charge in [0.05, 0.1) is 19.3 Å². The lowest BCUT2D eigenvalue weighted by Crippen LogP contribution is -2.49. The molecule has 6 nitrogen and oxygen atoms in total. The second-order valence-corrected chi connectivity index (χ2v) is 5.78. The molecule has 1 aliphatic rings. The molecule has 1 aliphatic heterocycles. The summed E-state index contributed by atoms with van der Waals surface area (Å²) in [4.78, 5) is 26.5. The zero-order chi connectivity index (χ0) is 16.1. The number of amides is 1. The average molecular weight is 327 g/mol. The molecule has 1 aromatic rings. The molecule has 0 bridgehead atoms. The highest BCUT2D eigenvalue weighted by atomic mass is 35.5. The highest BCUT2D eigenvalue weighted by molar-refractivity contribution is 6.30. The zero-order valence-electron chi connectivity index (χ0n) is 12.4. The number of carbonyl (C=O) groups excluding carboxylic acids is 1. The fraction of sp³-hybridized carbons (Fsp3) is 0.467. The van der Waals surface area contributed by atoms with E-state index in [1.807, 2.05) is 0 Å². The number of halogens is 1. The van der Waals surface area contributed by atoms with E-state index in [1.165, 1.54) is 0 Å². The fourth-order valence-electron chi connectivity index (χ4n) is 2.43. The molecule has 0 aliphatic carbocycles. The molecule has 120 valence electrons. The molecule has 1 unspecified atom stereocenters. The number of hydrogen-bond donors (Lipinski definition) is 1. The maximum absolute atomic E-state index is 12.4. The van der Waals surface area contributed by atoms with Crippen molar-refractivity contribution < 1.29 is 19.4 Å². The van der Waals surface area contributed by atoms with E-state index < -0.39 is 5.97 Å². The van der Waals surface area contributed by atoms with Crippen LogP contribution in [0.3, 0.4) is 0 Å². The Balaban J connectivity index is 1.93. The summed E-state index contributed by atoms with van der Waals surface area (Å²) in [5.74, 6) is -0.946. The van der Waals surface area contributed by atoms with Crippen molar-refractivity contribution in [2.45, 2.75) is 6.10 Å². The van der Waals surface area contributed by atoms with Crippen molar-refractivity contribution in [1.82, 2.24) is 9.80 Å². The largest absolute Gasteiger partial charge is 0.480 e. The van der Waals surface area contributed by atoms with Crippen LogP contribution >= 0.6 is 11.6 Å². The van der Waals surface area contributed by atoms with Crippen molar-refractivity contribution in [3.63, 3.8) is 0 Å². The molecule has 1 heterocycles. The zero-order valence-corrected chi connectivity index (χ0v) is 13.1. The summed E-state index contributed by atoms with van der Waals surface area (Å²) in [6.45, 7) is 1.85. The third-order valence-electron chi connectivity index (χ3n) is 3.44. The molecule has 0 radical (unpaired) electrons. The Hall–Kier alpha value is -1.63. The molecule has 1 saturated heterocycles. The topological polar surface area (TPSA) is 70.1 Å². The van der Waals surface area contributed by atoms with Gasteiger partial charge in [0, 0.05) is 30.2 Å². The van der Waals surface area contributed by atoms with E-state index in [9.17, 15) is 9.59 Å². The van der Waals surface area contributed by atoms with Gasteiger partial charge < -0.3 is 14.7 Å². The molecule has 0 spiro atoms. The first-order valence-electron chi connectivity index (χ1n) is 7.02. The van der Waals surface area contributed by atoms with E-state index in [2.05, 4.69) is 0 Å². The minimum atomic E-state index is -0.882. The van der Waals surface area contributed by atoms with Crippen LogP contribution in [-0.2, 0) is 9.53 Å². The van der Waals surface area contributed by atoms with Crippen LogP contribution in [0.2, 0.25) is 5.02 Å². The lowest BCUT2D eigenvalue weighted by atomic mass is 10.1. The number of hydrogen-bond acceptors (Lipinski definition) is 4. The normalized spacial score (nSPS) is 18.5. The van der Waals surface area contributed by atoms with Gasteiger partial charge in [-0.15, -0.1) is 0 Å². The van der Waals surface area contributed by atoms with E-state index in [4.69, 9.17) is 21.4 Å². The van der Waals surface area contributed by atoms with Crippen LogP contribution in [0.25, 0.3) is 0 Å². The molecule has 22 heavy (non-hydrogen) atoms. The SMILES string of the molecule is CN(CC(=O)O)CC1CN(C(=O)c2ccc(Cl)cc2)CCO1. The van der Waals surface area contributed by atoms with Gasteiger partial charge in [-0.2, -0.15) is 0 Å². The highest BCUT2D eigenvalue weighted by Gasteiger charge is 2.26. The van der Waals surface area contributed by atoms with Gasteiger partial charge in [-0.1, -0.05) is 11.6 Å². The number of aliphatic carboxylic acids is 1. The standard InChI is InChI=1S/C15H19ClN2O4/c1-17(10-14(19)20)8-13-9-18(6-7-22-13)15(21)11-2-4-12(16)5-3-11/h2-5,13H,6-10H2,1H3,(H,19,20). The van der Waals surface area contributed by atoms with Crippen molar-refractivity contribution in [3.05, 3.63) is 34.9 Å². The summed E-state index contributed by atoms with van der Waals surface area (Å²) < 4.78 is 5.62. The second kappa shape index (κ2) is 7.58. The quantitative estimate of drug-likeness (QED) is 0.880. The van der Waals surface area contributed by atoms with E-state index in [1.54, 1.807) is 41.1 Å². The Morgan fingerprint density at radius 1 is 1.41 bits per heavy atom. The molecular weight excluding hydrogens is 308 g/mol. The second-order valence-electron chi connectivity index (χ2n) is 5.34. The maximum atomic E-state index is 12.4. The molecule has 2 rings (SSSR count). The number of carbonyl (C=O) groups is 2. The van der Waals surface area contributed by atoms with Crippen LogP contribution in [-0.4, -0.2) is 72.7 Å². The number of ether oxygens (including phenoxy) is 1. The van der Waals surface area contributed by atoms with Gasteiger partial charge in [-0.3, -0.25) is 14.5 Å². The Kier molecular flexibility index (Phi) is 5.76. The Bertz CT molecular complexity index is 535. The first-order valence-corrected chi connectivity index (χ1v) is 7.40. The number of carboxylic acids is 1. The van der Waals surface area contributed by atoms with Gasteiger partial charge in [0.15, 0.2) is 0 Å². The van der Waals surface area contributed by atoms with Crippen LogP contribution in [0.15, 0.2) is 24.3 Å². The first-order chi connectivity index (χ1) is 10.5. The van der Waals surface area contributed by atoms with Crippen molar-refractivity contribution in [2.75, 3.05) is 39.8 Å². The monoisotopic (exact) mass is 326 g/mol. The summed E-state index contributed by atoms with van der Waals surface area (Å²) in [6.07, 6.45) is -0.186. The van der Waals surface area contributed by atoms with E-state index >= 15 is 0 Å². The van der Waals surface area contributed by atoms with Gasteiger partial charge in [0.1, 0.15) is 0 Å². The van der Waals surface area contributed by atoms with Crippen molar-refractivity contribution >= 4 is 23.5 Å². The van der Waals surface area contributed by atoms with E-state index in [0.29, 0.717) is 36.8 Å². The smallest absolute Gasteiger partial charge is 0.317 e. The lowest BCUT2D eigenvalue weighted by molar-refractivity contribution is -0.138. The van der Waals surface area contributed by atoms with Crippen LogP contribution in [0.1, 0.15) is 10.4 Å². The Morgan fingerprint density at radius 2 is 2.09 bits per heavy atom. The third-order valence-corrected chi connectivity index (χ3v) is 3.69. The van der Waals surface area contributed by atoms with Gasteiger partial charge >= 0.3 is 5.97 Å². The van der Waals surface area contributed by atoms with Crippen molar-refractivity contribution in [1.29, 1.82) is 0 Å². The summed E-state index contributed by atoms with van der Waals surface area (Å²) in [5, 5.41) is 9.36. The fourth-order valence-corrected chi connectivity index (χ4v) is 2.56. The number of carboxylic acid groups (broad SMARTS) is 1. The molecular formula is C15H19ClN2O4. The average Bonchev–Trinajstić information content (AvgIpc) is 2.46. The summed E-state index contributed by atoms with van der Waals surface area (Å²) >= 11 is 5.83. The van der Waals surface area contributed by atoms with Crippen LogP contribution in [0.5, 0.6) is 0 Å². The number of rotatable bonds is 5.